The summed E-state index contributed by atoms with van der Waals surface area (Å²) in [5.74, 6) is 1.77. The molecule has 4 amide bonds. The van der Waals surface area contributed by atoms with Crippen molar-refractivity contribution in [1.29, 1.82) is 0 Å². The van der Waals surface area contributed by atoms with Crippen LogP contribution in [0.15, 0.2) is 0 Å². The Hall–Kier alpha value is -2.61. The van der Waals surface area contributed by atoms with Crippen molar-refractivity contribution in [2.75, 3.05) is 78.9 Å². The van der Waals surface area contributed by atoms with E-state index in [2.05, 4.69) is 62.8 Å². The molecule has 0 radical (unpaired) electrons. The Bertz CT molecular complexity index is 946. The number of rotatable bonds is 29. The van der Waals surface area contributed by atoms with Gasteiger partial charge in [-0.1, -0.05) is 83.1 Å². The van der Waals surface area contributed by atoms with E-state index >= 15 is 0 Å². The number of carbonyl (C=O) groups excluding carboxylic acids is 5. The number of Topliss-reactive ketones (excluding diaryl/α,β-unsaturated/α-hetero) is 1. The molecule has 0 aliphatic rings. The standard InChI is InChI=1S/C26H50N2O6.C15H31N3O2/c1-19(2)9-10-23(29)13-32-16-26(22(7)8,17-33-14-24(30)27-11-20(3)4)18-34-15-25(31)28-12-21(5)6;1-11(2)7-16-14(19)9-18(13(5)6)10-15(20)17-8-12(3)4/h19-22H,9-18H2,1-8H3,(H,27,30)(H,28,31);11-13H,7-10H2,1-6H3,(H,16,19)(H,17,20). The molecule has 318 valence electrons. The third-order valence-corrected chi connectivity index (χ3v) is 8.38. The van der Waals surface area contributed by atoms with Gasteiger partial charge in [0.1, 0.15) is 19.8 Å². The average Bonchev–Trinajstić information content (AvgIpc) is 3.06. The Balaban J connectivity index is 0. The lowest BCUT2D eigenvalue weighted by atomic mass is 9.79. The molecule has 13 heteroatoms. The van der Waals surface area contributed by atoms with Crippen molar-refractivity contribution in [3.63, 3.8) is 0 Å². The predicted octanol–water partition coefficient (Wildman–Crippen LogP) is 4.47. The molecule has 0 aromatic carbocycles. The molecular weight excluding hydrogens is 690 g/mol. The van der Waals surface area contributed by atoms with Gasteiger partial charge < -0.3 is 35.5 Å². The fourth-order valence-corrected chi connectivity index (χ4v) is 4.48. The number of hydrogen-bond donors (Lipinski definition) is 4. The van der Waals surface area contributed by atoms with Crippen LogP contribution >= 0.6 is 0 Å². The van der Waals surface area contributed by atoms with Crippen molar-refractivity contribution in [3.8, 4) is 0 Å². The number of nitrogens with zero attached hydrogens (tertiary/aromatic N) is 1. The van der Waals surface area contributed by atoms with Crippen LogP contribution in [-0.2, 0) is 38.2 Å². The molecule has 0 atom stereocenters. The summed E-state index contributed by atoms with van der Waals surface area (Å²) in [7, 11) is 0. The number of ether oxygens (including phenoxy) is 3. The molecule has 0 rings (SSSR count). The molecule has 13 nitrogen and oxygen atoms in total. The van der Waals surface area contributed by atoms with Crippen LogP contribution in [0.25, 0.3) is 0 Å². The molecule has 0 aliphatic heterocycles. The third-order valence-electron chi connectivity index (χ3n) is 8.38. The summed E-state index contributed by atoms with van der Waals surface area (Å²) in [6.07, 6.45) is 1.33. The van der Waals surface area contributed by atoms with Gasteiger partial charge >= 0.3 is 0 Å². The molecule has 0 fully saturated rings. The van der Waals surface area contributed by atoms with Crippen LogP contribution in [0.1, 0.15) is 110 Å². The zero-order valence-electron chi connectivity index (χ0n) is 36.7. The van der Waals surface area contributed by atoms with E-state index in [1.807, 2.05) is 60.3 Å². The smallest absolute Gasteiger partial charge is 0.246 e. The van der Waals surface area contributed by atoms with E-state index in [4.69, 9.17) is 14.2 Å². The quantitative estimate of drug-likeness (QED) is 0.0860. The third kappa shape index (κ3) is 30.7. The first-order chi connectivity index (χ1) is 25.1. The van der Waals surface area contributed by atoms with Crippen LogP contribution in [0.5, 0.6) is 0 Å². The maximum atomic E-state index is 12.2. The molecule has 0 heterocycles. The van der Waals surface area contributed by atoms with Crippen molar-refractivity contribution < 1.29 is 38.2 Å². The summed E-state index contributed by atoms with van der Waals surface area (Å²) in [5, 5.41) is 11.4. The summed E-state index contributed by atoms with van der Waals surface area (Å²) < 4.78 is 17.4. The molecule has 0 unspecified atom stereocenters. The van der Waals surface area contributed by atoms with Gasteiger partial charge in [-0.25, -0.2) is 0 Å². The van der Waals surface area contributed by atoms with Crippen molar-refractivity contribution in [1.82, 2.24) is 26.2 Å². The fourth-order valence-electron chi connectivity index (χ4n) is 4.48. The fraction of sp³-hybridized carbons (Fsp3) is 0.878. The number of nitrogens with one attached hydrogen (secondary N) is 4. The Morgan fingerprint density at radius 3 is 1.11 bits per heavy atom. The Morgan fingerprint density at radius 2 is 0.815 bits per heavy atom. The highest BCUT2D eigenvalue weighted by Gasteiger charge is 2.36. The van der Waals surface area contributed by atoms with Gasteiger partial charge in [0.15, 0.2) is 5.78 Å². The van der Waals surface area contributed by atoms with Crippen LogP contribution in [-0.4, -0.2) is 119 Å². The van der Waals surface area contributed by atoms with Gasteiger partial charge in [-0.2, -0.15) is 0 Å². The zero-order chi connectivity index (χ0) is 41.9. The topological polar surface area (TPSA) is 164 Å². The molecule has 0 aliphatic carbocycles. The first kappa shape index (κ1) is 53.5. The Kier molecular flexibility index (Phi) is 30.3. The summed E-state index contributed by atoms with van der Waals surface area (Å²) in [6, 6.07) is 0.157. The molecule has 0 aromatic heterocycles. The van der Waals surface area contributed by atoms with Crippen LogP contribution in [0.2, 0.25) is 0 Å². The summed E-state index contributed by atoms with van der Waals surface area (Å²) in [6.45, 7) is 32.1. The van der Waals surface area contributed by atoms with Gasteiger partial charge in [0.25, 0.3) is 0 Å². The normalized spacial score (nSPS) is 11.9. The van der Waals surface area contributed by atoms with Gasteiger partial charge in [-0.05, 0) is 55.8 Å². The highest BCUT2D eigenvalue weighted by atomic mass is 16.5. The highest BCUT2D eigenvalue weighted by Crippen LogP contribution is 2.29. The molecule has 0 saturated heterocycles. The Morgan fingerprint density at radius 1 is 0.481 bits per heavy atom. The molecule has 0 spiro atoms. The molecule has 0 aromatic rings. The van der Waals surface area contributed by atoms with E-state index in [0.717, 1.165) is 6.42 Å². The zero-order valence-corrected chi connectivity index (χ0v) is 36.7. The summed E-state index contributed by atoms with van der Waals surface area (Å²) in [5.41, 5.74) is -0.602. The second-order valence-corrected chi connectivity index (χ2v) is 17.3. The van der Waals surface area contributed by atoms with Gasteiger partial charge in [0.2, 0.25) is 23.6 Å². The molecule has 0 bridgehead atoms. The van der Waals surface area contributed by atoms with Crippen LogP contribution < -0.4 is 21.3 Å². The lowest BCUT2D eigenvalue weighted by Gasteiger charge is -2.36. The van der Waals surface area contributed by atoms with Crippen molar-refractivity contribution in [2.24, 2.45) is 40.9 Å². The second kappa shape index (κ2) is 30.6. The maximum Gasteiger partial charge on any atom is 0.246 e. The van der Waals surface area contributed by atoms with Crippen LogP contribution in [0.4, 0.5) is 0 Å². The van der Waals surface area contributed by atoms with E-state index in [-0.39, 0.29) is 94.1 Å². The number of carbonyl (C=O) groups is 5. The van der Waals surface area contributed by atoms with Crippen LogP contribution in [0.3, 0.4) is 0 Å². The summed E-state index contributed by atoms with van der Waals surface area (Å²) in [4.78, 5) is 61.8. The lowest BCUT2D eigenvalue weighted by molar-refractivity contribution is -0.138. The molecule has 0 saturated carbocycles. The summed E-state index contributed by atoms with van der Waals surface area (Å²) >= 11 is 0. The van der Waals surface area contributed by atoms with E-state index in [9.17, 15) is 24.0 Å². The first-order valence-corrected chi connectivity index (χ1v) is 20.2. The minimum atomic E-state index is -0.602. The monoisotopic (exact) mass is 772 g/mol. The first-order valence-electron chi connectivity index (χ1n) is 20.2. The molecule has 4 N–H and O–H groups in total. The molecule has 54 heavy (non-hydrogen) atoms. The Labute approximate surface area is 328 Å². The average molecular weight is 772 g/mol. The van der Waals surface area contributed by atoms with E-state index in [0.29, 0.717) is 62.2 Å². The van der Waals surface area contributed by atoms with Gasteiger partial charge in [-0.15, -0.1) is 0 Å². The van der Waals surface area contributed by atoms with E-state index in [1.54, 1.807) is 0 Å². The van der Waals surface area contributed by atoms with Gasteiger partial charge in [-0.3, -0.25) is 28.9 Å². The minimum Gasteiger partial charge on any atom is -0.373 e. The lowest BCUT2D eigenvalue weighted by Crippen LogP contribution is -2.46. The predicted molar refractivity (Wildman–Crippen MR) is 217 cm³/mol. The number of ketones is 1. The second-order valence-electron chi connectivity index (χ2n) is 17.3. The van der Waals surface area contributed by atoms with Crippen molar-refractivity contribution >= 4 is 29.4 Å². The van der Waals surface area contributed by atoms with Gasteiger partial charge in [0.05, 0.1) is 32.9 Å². The SMILES string of the molecule is CC(C)CCC(=O)COCC(COCC(=O)NCC(C)C)(COCC(=O)NCC(C)C)C(C)C.CC(C)CNC(=O)CN(CC(=O)NCC(C)C)C(C)C. The van der Waals surface area contributed by atoms with Crippen LogP contribution in [0, 0.1) is 40.9 Å². The van der Waals surface area contributed by atoms with Gasteiger partial charge in [0, 0.05) is 44.1 Å². The van der Waals surface area contributed by atoms with E-state index < -0.39 is 5.41 Å². The number of hydrogen-bond acceptors (Lipinski definition) is 9. The largest absolute Gasteiger partial charge is 0.373 e. The highest BCUT2D eigenvalue weighted by molar-refractivity contribution is 5.81. The van der Waals surface area contributed by atoms with Crippen molar-refractivity contribution in [2.45, 2.75) is 116 Å². The minimum absolute atomic E-state index is 0.0240. The molecular formula is C41H81N5O8. The van der Waals surface area contributed by atoms with E-state index in [1.165, 1.54) is 0 Å². The van der Waals surface area contributed by atoms with Crippen molar-refractivity contribution in [3.05, 3.63) is 0 Å². The maximum absolute atomic E-state index is 12.2. The number of amides is 4.